The van der Waals surface area contributed by atoms with E-state index >= 15 is 0 Å². The number of aromatic amines is 1. The SMILES string of the molecule is Cc1cc(C)n(-c2cccc(-c3ncn[nH]3)c2)n1. The highest BCUT2D eigenvalue weighted by atomic mass is 15.3. The van der Waals surface area contributed by atoms with E-state index in [1.165, 1.54) is 6.33 Å². The molecule has 0 amide bonds. The van der Waals surface area contributed by atoms with E-state index in [0.717, 1.165) is 28.5 Å². The molecule has 3 aromatic rings. The molecule has 0 fully saturated rings. The predicted octanol–water partition coefficient (Wildman–Crippen LogP) is 2.27. The minimum absolute atomic E-state index is 0.762. The van der Waals surface area contributed by atoms with Gasteiger partial charge in [-0.1, -0.05) is 12.1 Å². The number of rotatable bonds is 2. The number of nitrogens with one attached hydrogen (secondary N) is 1. The number of aryl methyl sites for hydroxylation is 2. The lowest BCUT2D eigenvalue weighted by molar-refractivity contribution is 0.834. The minimum atomic E-state index is 0.762. The van der Waals surface area contributed by atoms with Crippen LogP contribution < -0.4 is 0 Å². The third kappa shape index (κ3) is 1.79. The van der Waals surface area contributed by atoms with Gasteiger partial charge in [0, 0.05) is 11.3 Å². The lowest BCUT2D eigenvalue weighted by atomic mass is 10.2. The molecule has 0 aliphatic carbocycles. The molecule has 3 rings (SSSR count). The van der Waals surface area contributed by atoms with E-state index in [4.69, 9.17) is 0 Å². The topological polar surface area (TPSA) is 59.4 Å². The summed E-state index contributed by atoms with van der Waals surface area (Å²) in [5, 5.41) is 11.2. The fourth-order valence-electron chi connectivity index (χ4n) is 2.02. The van der Waals surface area contributed by atoms with Crippen molar-refractivity contribution in [3.8, 4) is 17.1 Å². The zero-order chi connectivity index (χ0) is 12.5. The van der Waals surface area contributed by atoms with E-state index < -0.39 is 0 Å². The Morgan fingerprint density at radius 1 is 1.17 bits per heavy atom. The van der Waals surface area contributed by atoms with Crippen LogP contribution in [0.15, 0.2) is 36.7 Å². The van der Waals surface area contributed by atoms with Crippen LogP contribution in [0.1, 0.15) is 11.4 Å². The molecule has 1 N–H and O–H groups in total. The van der Waals surface area contributed by atoms with Crippen molar-refractivity contribution >= 4 is 0 Å². The average molecular weight is 239 g/mol. The molecule has 0 aliphatic rings. The summed E-state index contributed by atoms with van der Waals surface area (Å²) in [5.41, 5.74) is 4.15. The molecule has 0 radical (unpaired) electrons. The first-order valence-corrected chi connectivity index (χ1v) is 5.73. The molecular weight excluding hydrogens is 226 g/mol. The molecule has 0 spiro atoms. The van der Waals surface area contributed by atoms with E-state index in [2.05, 4.69) is 26.3 Å². The Labute approximate surface area is 104 Å². The molecule has 2 aromatic heterocycles. The van der Waals surface area contributed by atoms with Crippen LogP contribution in [0.2, 0.25) is 0 Å². The van der Waals surface area contributed by atoms with Crippen LogP contribution in [0.4, 0.5) is 0 Å². The van der Waals surface area contributed by atoms with Gasteiger partial charge >= 0.3 is 0 Å². The van der Waals surface area contributed by atoms with Crippen LogP contribution in [-0.4, -0.2) is 25.0 Å². The van der Waals surface area contributed by atoms with Crippen LogP contribution in [-0.2, 0) is 0 Å². The number of hydrogen-bond donors (Lipinski definition) is 1. The van der Waals surface area contributed by atoms with Crippen molar-refractivity contribution in [2.24, 2.45) is 0 Å². The number of benzene rings is 1. The Morgan fingerprint density at radius 3 is 2.72 bits per heavy atom. The van der Waals surface area contributed by atoms with E-state index in [1.54, 1.807) is 0 Å². The Balaban J connectivity index is 2.09. The molecule has 0 saturated carbocycles. The second kappa shape index (κ2) is 4.10. The summed E-state index contributed by atoms with van der Waals surface area (Å²) in [6.45, 7) is 4.03. The lowest BCUT2D eigenvalue weighted by Gasteiger charge is -2.05. The van der Waals surface area contributed by atoms with Crippen LogP contribution in [0.25, 0.3) is 17.1 Å². The van der Waals surface area contributed by atoms with Gasteiger partial charge in [0.25, 0.3) is 0 Å². The highest BCUT2D eigenvalue weighted by molar-refractivity contribution is 5.58. The standard InChI is InChI=1S/C13H13N5/c1-9-6-10(2)18(17-9)12-5-3-4-11(7-12)13-14-8-15-16-13/h3-8H,1-2H3,(H,14,15,16). The second-order valence-corrected chi connectivity index (χ2v) is 4.22. The normalized spacial score (nSPS) is 10.8. The summed E-state index contributed by atoms with van der Waals surface area (Å²) in [6, 6.07) is 10.1. The molecule has 2 heterocycles. The molecule has 1 aromatic carbocycles. The smallest absolute Gasteiger partial charge is 0.155 e. The van der Waals surface area contributed by atoms with Crippen molar-refractivity contribution in [1.29, 1.82) is 0 Å². The van der Waals surface area contributed by atoms with Crippen molar-refractivity contribution in [1.82, 2.24) is 25.0 Å². The third-order valence-electron chi connectivity index (χ3n) is 2.79. The molecule has 5 nitrogen and oxygen atoms in total. The van der Waals surface area contributed by atoms with Gasteiger partial charge in [0.05, 0.1) is 11.4 Å². The summed E-state index contributed by atoms with van der Waals surface area (Å²) < 4.78 is 1.93. The molecule has 0 aliphatic heterocycles. The van der Waals surface area contributed by atoms with Gasteiger partial charge < -0.3 is 0 Å². The first-order valence-electron chi connectivity index (χ1n) is 5.73. The largest absolute Gasteiger partial charge is 0.259 e. The second-order valence-electron chi connectivity index (χ2n) is 4.22. The van der Waals surface area contributed by atoms with Gasteiger partial charge in [0.15, 0.2) is 5.82 Å². The third-order valence-corrected chi connectivity index (χ3v) is 2.79. The van der Waals surface area contributed by atoms with Crippen molar-refractivity contribution in [3.05, 3.63) is 48.0 Å². The van der Waals surface area contributed by atoms with E-state index in [1.807, 2.05) is 42.8 Å². The maximum absolute atomic E-state index is 4.47. The van der Waals surface area contributed by atoms with Crippen molar-refractivity contribution < 1.29 is 0 Å². The molecule has 0 saturated heterocycles. The number of hydrogen-bond acceptors (Lipinski definition) is 3. The first-order chi connectivity index (χ1) is 8.74. The van der Waals surface area contributed by atoms with Crippen molar-refractivity contribution in [3.63, 3.8) is 0 Å². The summed E-state index contributed by atoms with van der Waals surface area (Å²) >= 11 is 0. The maximum Gasteiger partial charge on any atom is 0.155 e. The Kier molecular flexibility index (Phi) is 2.44. The minimum Gasteiger partial charge on any atom is -0.259 e. The van der Waals surface area contributed by atoms with Gasteiger partial charge in [-0.05, 0) is 32.0 Å². The van der Waals surface area contributed by atoms with E-state index in [-0.39, 0.29) is 0 Å². The van der Waals surface area contributed by atoms with Gasteiger partial charge in [-0.15, -0.1) is 0 Å². The molecule has 0 atom stereocenters. The van der Waals surface area contributed by atoms with Gasteiger partial charge in [0.1, 0.15) is 6.33 Å². The fraction of sp³-hybridized carbons (Fsp3) is 0.154. The van der Waals surface area contributed by atoms with Gasteiger partial charge in [-0.2, -0.15) is 10.2 Å². The molecule has 5 heteroatoms. The Hall–Kier alpha value is -2.43. The zero-order valence-electron chi connectivity index (χ0n) is 10.3. The fourth-order valence-corrected chi connectivity index (χ4v) is 2.02. The number of nitrogens with zero attached hydrogens (tertiary/aromatic N) is 4. The molecule has 90 valence electrons. The van der Waals surface area contributed by atoms with Crippen LogP contribution >= 0.6 is 0 Å². The van der Waals surface area contributed by atoms with Gasteiger partial charge in [-0.25, -0.2) is 9.67 Å². The molecule has 0 bridgehead atoms. The first kappa shape index (κ1) is 10.7. The van der Waals surface area contributed by atoms with E-state index in [0.29, 0.717) is 0 Å². The highest BCUT2D eigenvalue weighted by Gasteiger charge is 2.06. The van der Waals surface area contributed by atoms with Gasteiger partial charge in [-0.3, -0.25) is 5.10 Å². The number of aromatic nitrogens is 5. The molecular formula is C13H13N5. The monoisotopic (exact) mass is 239 g/mol. The molecule has 0 unspecified atom stereocenters. The van der Waals surface area contributed by atoms with Gasteiger partial charge in [0.2, 0.25) is 0 Å². The van der Waals surface area contributed by atoms with Crippen LogP contribution in [0.3, 0.4) is 0 Å². The lowest BCUT2D eigenvalue weighted by Crippen LogP contribution is -1.99. The number of H-pyrrole nitrogens is 1. The van der Waals surface area contributed by atoms with Crippen molar-refractivity contribution in [2.75, 3.05) is 0 Å². The summed E-state index contributed by atoms with van der Waals surface area (Å²) in [7, 11) is 0. The van der Waals surface area contributed by atoms with Crippen LogP contribution in [0.5, 0.6) is 0 Å². The maximum atomic E-state index is 4.47. The predicted molar refractivity (Wildman–Crippen MR) is 68.4 cm³/mol. The average Bonchev–Trinajstić information content (AvgIpc) is 2.99. The van der Waals surface area contributed by atoms with Crippen LogP contribution in [0, 0.1) is 13.8 Å². The van der Waals surface area contributed by atoms with Crippen molar-refractivity contribution in [2.45, 2.75) is 13.8 Å². The summed E-state index contributed by atoms with van der Waals surface area (Å²) in [6.07, 6.45) is 1.51. The molecule has 18 heavy (non-hydrogen) atoms. The Bertz CT molecular complexity index is 667. The zero-order valence-corrected chi connectivity index (χ0v) is 10.3. The Morgan fingerprint density at radius 2 is 2.06 bits per heavy atom. The highest BCUT2D eigenvalue weighted by Crippen LogP contribution is 2.19. The summed E-state index contributed by atoms with van der Waals surface area (Å²) in [5.74, 6) is 0.762. The van der Waals surface area contributed by atoms with E-state index in [9.17, 15) is 0 Å². The summed E-state index contributed by atoms with van der Waals surface area (Å²) in [4.78, 5) is 4.15. The quantitative estimate of drug-likeness (QED) is 0.746.